The van der Waals surface area contributed by atoms with E-state index < -0.39 is 5.60 Å². The number of aromatic nitrogens is 2. The number of benzene rings is 1. The molecule has 2 atom stereocenters. The molecular formula is C21H26FN3O. The van der Waals surface area contributed by atoms with Gasteiger partial charge in [-0.2, -0.15) is 0 Å². The predicted molar refractivity (Wildman–Crippen MR) is 97.9 cm³/mol. The molecule has 0 spiro atoms. The maximum atomic E-state index is 13.2. The average Bonchev–Trinajstić information content (AvgIpc) is 2.87. The van der Waals surface area contributed by atoms with Gasteiger partial charge in [0.2, 0.25) is 0 Å². The SMILES string of the molecule is CCCc1ncc(CN2C3CCC2CC(O)(c2ccc(F)cc2)C3)cn1. The normalized spacial score (nSPS) is 28.4. The van der Waals surface area contributed by atoms with Crippen molar-refractivity contribution in [3.8, 4) is 0 Å². The molecule has 0 saturated carbocycles. The van der Waals surface area contributed by atoms with Crippen LogP contribution in [0.4, 0.5) is 4.39 Å². The summed E-state index contributed by atoms with van der Waals surface area (Å²) in [4.78, 5) is 11.4. The van der Waals surface area contributed by atoms with Crippen molar-refractivity contribution in [3.63, 3.8) is 0 Å². The van der Waals surface area contributed by atoms with Gasteiger partial charge in [-0.1, -0.05) is 19.1 Å². The summed E-state index contributed by atoms with van der Waals surface area (Å²) in [7, 11) is 0. The fourth-order valence-electron chi connectivity index (χ4n) is 4.60. The highest BCUT2D eigenvalue weighted by molar-refractivity contribution is 5.26. The summed E-state index contributed by atoms with van der Waals surface area (Å²) >= 11 is 0. The van der Waals surface area contributed by atoms with Crippen molar-refractivity contribution >= 4 is 0 Å². The zero-order valence-electron chi connectivity index (χ0n) is 15.2. The molecule has 2 aliphatic rings. The lowest BCUT2D eigenvalue weighted by Gasteiger charge is -2.44. The summed E-state index contributed by atoms with van der Waals surface area (Å²) in [6.45, 7) is 2.96. The van der Waals surface area contributed by atoms with E-state index in [4.69, 9.17) is 0 Å². The molecule has 26 heavy (non-hydrogen) atoms. The van der Waals surface area contributed by atoms with Crippen molar-refractivity contribution < 1.29 is 9.50 Å². The Kier molecular flexibility index (Phi) is 4.76. The quantitative estimate of drug-likeness (QED) is 0.891. The van der Waals surface area contributed by atoms with Gasteiger partial charge in [-0.05, 0) is 49.8 Å². The lowest BCUT2D eigenvalue weighted by atomic mass is 9.80. The van der Waals surface area contributed by atoms with Crippen LogP contribution in [-0.2, 0) is 18.6 Å². The standard InChI is InChI=1S/C21H26FN3O/c1-2-3-20-23-12-15(13-24-20)14-25-18-8-9-19(25)11-21(26,10-18)16-4-6-17(22)7-5-16/h4-7,12-13,18-19,26H,2-3,8-11,14H2,1H3. The minimum atomic E-state index is -0.850. The van der Waals surface area contributed by atoms with Gasteiger partial charge >= 0.3 is 0 Å². The zero-order valence-corrected chi connectivity index (χ0v) is 15.2. The lowest BCUT2D eigenvalue weighted by molar-refractivity contribution is -0.0595. The molecule has 2 fully saturated rings. The minimum Gasteiger partial charge on any atom is -0.385 e. The highest BCUT2D eigenvalue weighted by Crippen LogP contribution is 2.46. The van der Waals surface area contributed by atoms with Crippen molar-refractivity contribution in [1.82, 2.24) is 14.9 Å². The van der Waals surface area contributed by atoms with Crippen LogP contribution in [0.3, 0.4) is 0 Å². The van der Waals surface area contributed by atoms with E-state index in [9.17, 15) is 9.50 Å². The number of aryl methyl sites for hydroxylation is 1. The Balaban J connectivity index is 1.47. The van der Waals surface area contributed by atoms with E-state index in [-0.39, 0.29) is 5.82 Å². The Bertz CT molecular complexity index is 733. The van der Waals surface area contributed by atoms with Gasteiger partial charge in [0, 0.05) is 43.0 Å². The molecule has 2 saturated heterocycles. The monoisotopic (exact) mass is 355 g/mol. The van der Waals surface area contributed by atoms with Crippen molar-refractivity contribution in [3.05, 3.63) is 59.4 Å². The third-order valence-electron chi connectivity index (χ3n) is 5.90. The van der Waals surface area contributed by atoms with Gasteiger partial charge in [0.1, 0.15) is 11.6 Å². The first-order valence-corrected chi connectivity index (χ1v) is 9.61. The second kappa shape index (κ2) is 7.05. The van der Waals surface area contributed by atoms with E-state index in [1.165, 1.54) is 12.1 Å². The molecule has 0 radical (unpaired) electrons. The first-order chi connectivity index (χ1) is 12.6. The molecule has 0 amide bonds. The van der Waals surface area contributed by atoms with Crippen LogP contribution in [0.2, 0.25) is 0 Å². The summed E-state index contributed by atoms with van der Waals surface area (Å²) in [5.74, 6) is 0.646. The largest absolute Gasteiger partial charge is 0.385 e. The van der Waals surface area contributed by atoms with Crippen molar-refractivity contribution in [1.29, 1.82) is 0 Å². The molecule has 2 unspecified atom stereocenters. The van der Waals surface area contributed by atoms with Crippen LogP contribution in [0.15, 0.2) is 36.7 Å². The van der Waals surface area contributed by atoms with Gasteiger partial charge in [0.15, 0.2) is 0 Å². The summed E-state index contributed by atoms with van der Waals surface area (Å²) in [6.07, 6.45) is 9.45. The van der Waals surface area contributed by atoms with E-state index in [1.54, 1.807) is 12.1 Å². The van der Waals surface area contributed by atoms with E-state index in [2.05, 4.69) is 21.8 Å². The summed E-state index contributed by atoms with van der Waals surface area (Å²) < 4.78 is 13.2. The highest BCUT2D eigenvalue weighted by Gasteiger charge is 2.48. The number of hydrogen-bond acceptors (Lipinski definition) is 4. The van der Waals surface area contributed by atoms with E-state index in [0.717, 1.165) is 49.2 Å². The summed E-state index contributed by atoms with van der Waals surface area (Å²) in [5, 5.41) is 11.2. The average molecular weight is 355 g/mol. The second-order valence-electron chi connectivity index (χ2n) is 7.76. The molecule has 4 rings (SSSR count). The third kappa shape index (κ3) is 3.38. The zero-order chi connectivity index (χ0) is 18.1. The first-order valence-electron chi connectivity index (χ1n) is 9.61. The molecule has 5 heteroatoms. The molecule has 2 aliphatic heterocycles. The van der Waals surface area contributed by atoms with Crippen LogP contribution in [0.1, 0.15) is 56.0 Å². The number of rotatable bonds is 5. The summed E-state index contributed by atoms with van der Waals surface area (Å²) in [6, 6.07) is 7.03. The topological polar surface area (TPSA) is 49.2 Å². The van der Waals surface area contributed by atoms with Gasteiger partial charge in [0.05, 0.1) is 5.60 Å². The maximum Gasteiger partial charge on any atom is 0.128 e. The Morgan fingerprint density at radius 1 is 1.12 bits per heavy atom. The molecule has 4 nitrogen and oxygen atoms in total. The fraction of sp³-hybridized carbons (Fsp3) is 0.524. The smallest absolute Gasteiger partial charge is 0.128 e. The van der Waals surface area contributed by atoms with Crippen LogP contribution < -0.4 is 0 Å². The Morgan fingerprint density at radius 2 is 1.73 bits per heavy atom. The van der Waals surface area contributed by atoms with Gasteiger partial charge < -0.3 is 5.11 Å². The van der Waals surface area contributed by atoms with Crippen LogP contribution in [0, 0.1) is 5.82 Å². The molecule has 1 N–H and O–H groups in total. The first kappa shape index (κ1) is 17.6. The Hall–Kier alpha value is -1.85. The maximum absolute atomic E-state index is 13.2. The number of hydrogen-bond donors (Lipinski definition) is 1. The molecule has 1 aromatic carbocycles. The van der Waals surface area contributed by atoms with Gasteiger partial charge in [-0.3, -0.25) is 4.90 Å². The number of nitrogens with zero attached hydrogens (tertiary/aromatic N) is 3. The van der Waals surface area contributed by atoms with Crippen LogP contribution >= 0.6 is 0 Å². The van der Waals surface area contributed by atoms with Crippen LogP contribution in [-0.4, -0.2) is 32.1 Å². The fourth-order valence-corrected chi connectivity index (χ4v) is 4.60. The van der Waals surface area contributed by atoms with E-state index >= 15 is 0 Å². The second-order valence-corrected chi connectivity index (χ2v) is 7.76. The van der Waals surface area contributed by atoms with E-state index in [0.29, 0.717) is 24.9 Å². The van der Waals surface area contributed by atoms with Crippen LogP contribution in [0.5, 0.6) is 0 Å². The van der Waals surface area contributed by atoms with Gasteiger partial charge in [0.25, 0.3) is 0 Å². The minimum absolute atomic E-state index is 0.260. The molecular weight excluding hydrogens is 329 g/mol. The number of fused-ring (bicyclic) bond motifs is 2. The van der Waals surface area contributed by atoms with Crippen molar-refractivity contribution in [2.75, 3.05) is 0 Å². The van der Waals surface area contributed by atoms with Crippen molar-refractivity contribution in [2.45, 2.75) is 69.7 Å². The number of aliphatic hydroxyl groups is 1. The molecule has 138 valence electrons. The van der Waals surface area contributed by atoms with Crippen molar-refractivity contribution in [2.24, 2.45) is 0 Å². The molecule has 1 aromatic heterocycles. The number of piperidine rings is 1. The van der Waals surface area contributed by atoms with Crippen LogP contribution in [0.25, 0.3) is 0 Å². The Morgan fingerprint density at radius 3 is 2.31 bits per heavy atom. The number of halogens is 1. The molecule has 0 aliphatic carbocycles. The van der Waals surface area contributed by atoms with Gasteiger partial charge in [-0.15, -0.1) is 0 Å². The lowest BCUT2D eigenvalue weighted by Crippen LogP contribution is -2.49. The molecule has 2 aromatic rings. The molecule has 2 bridgehead atoms. The molecule has 3 heterocycles. The van der Waals surface area contributed by atoms with E-state index in [1.807, 2.05) is 12.4 Å². The predicted octanol–water partition coefficient (Wildman–Crippen LogP) is 3.58. The van der Waals surface area contributed by atoms with Gasteiger partial charge in [-0.25, -0.2) is 14.4 Å². The Labute approximate surface area is 154 Å². The third-order valence-corrected chi connectivity index (χ3v) is 5.90. The highest BCUT2D eigenvalue weighted by atomic mass is 19.1. The summed E-state index contributed by atoms with van der Waals surface area (Å²) in [5.41, 5.74) is 1.12.